The third kappa shape index (κ3) is 4.70. The topological polar surface area (TPSA) is 137 Å². The fourth-order valence-electron chi connectivity index (χ4n) is 4.89. The highest BCUT2D eigenvalue weighted by Crippen LogP contribution is 2.41. The SMILES string of the molecule is CCOC(=O)C1=C(C)N=c2[nH]c(=Cc3ccc(-c4cccc(C(=O)O)c4)[nH]3)c(O)c2C1c1ccccc1OC. The number of benzene rings is 2. The molecule has 0 fully saturated rings. The van der Waals surface area contributed by atoms with E-state index in [-0.39, 0.29) is 17.9 Å². The van der Waals surface area contributed by atoms with Crippen LogP contribution in [0.2, 0.25) is 0 Å². The molecule has 9 nitrogen and oxygen atoms in total. The number of aromatic hydroxyl groups is 1. The van der Waals surface area contributed by atoms with Crippen molar-refractivity contribution in [3.63, 3.8) is 0 Å². The Hall–Kier alpha value is -5.05. The van der Waals surface area contributed by atoms with Crippen LogP contribution in [0.15, 0.2) is 76.9 Å². The fourth-order valence-corrected chi connectivity index (χ4v) is 4.89. The van der Waals surface area contributed by atoms with Gasteiger partial charge in [-0.1, -0.05) is 30.3 Å². The third-order valence-corrected chi connectivity index (χ3v) is 6.64. The number of aromatic carboxylic acids is 1. The van der Waals surface area contributed by atoms with Gasteiger partial charge < -0.3 is 29.7 Å². The number of carbonyl (C=O) groups excluding carboxylic acids is 1. The Morgan fingerprint density at radius 3 is 2.62 bits per heavy atom. The number of hydrogen-bond donors (Lipinski definition) is 4. The number of rotatable bonds is 7. The van der Waals surface area contributed by atoms with E-state index >= 15 is 0 Å². The number of methoxy groups -OCH3 is 1. The van der Waals surface area contributed by atoms with Crippen LogP contribution in [0.4, 0.5) is 0 Å². The Morgan fingerprint density at radius 2 is 1.87 bits per heavy atom. The number of fused-ring (bicyclic) bond motifs is 1. The van der Waals surface area contributed by atoms with Crippen molar-refractivity contribution in [3.05, 3.63) is 105 Å². The molecule has 2 aromatic carbocycles. The van der Waals surface area contributed by atoms with Crippen LogP contribution in [0, 0.1) is 0 Å². The molecule has 0 amide bonds. The molecule has 5 rings (SSSR count). The van der Waals surface area contributed by atoms with Crippen LogP contribution in [-0.4, -0.2) is 45.8 Å². The Bertz CT molecular complexity index is 1740. The summed E-state index contributed by atoms with van der Waals surface area (Å²) in [5.74, 6) is -1.68. The average molecular weight is 526 g/mol. The van der Waals surface area contributed by atoms with Crippen LogP contribution < -0.4 is 15.6 Å². The molecule has 3 heterocycles. The Labute approximate surface area is 223 Å². The summed E-state index contributed by atoms with van der Waals surface area (Å²) in [5.41, 5.74) is 4.67. The van der Waals surface area contributed by atoms with E-state index in [1.165, 1.54) is 6.07 Å². The minimum absolute atomic E-state index is 0.0528. The lowest BCUT2D eigenvalue weighted by atomic mass is 9.82. The molecule has 0 saturated heterocycles. The summed E-state index contributed by atoms with van der Waals surface area (Å²) in [4.78, 5) is 35.5. The summed E-state index contributed by atoms with van der Waals surface area (Å²) >= 11 is 0. The second-order valence-electron chi connectivity index (χ2n) is 9.01. The van der Waals surface area contributed by atoms with Crippen molar-refractivity contribution >= 4 is 18.0 Å². The van der Waals surface area contributed by atoms with E-state index in [1.807, 2.05) is 36.4 Å². The number of H-pyrrole nitrogens is 2. The number of aromatic nitrogens is 2. The first-order valence-corrected chi connectivity index (χ1v) is 12.4. The van der Waals surface area contributed by atoms with Gasteiger partial charge in [0.1, 0.15) is 17.0 Å². The molecule has 1 aliphatic heterocycles. The predicted molar refractivity (Wildman–Crippen MR) is 144 cm³/mol. The molecule has 1 aliphatic rings. The second-order valence-corrected chi connectivity index (χ2v) is 9.01. The first-order chi connectivity index (χ1) is 18.8. The number of aromatic amines is 2. The molecule has 2 aromatic heterocycles. The zero-order valence-electron chi connectivity index (χ0n) is 21.6. The van der Waals surface area contributed by atoms with Crippen molar-refractivity contribution in [1.29, 1.82) is 0 Å². The molecular formula is C30H27N3O6. The number of carboxylic acid groups (broad SMARTS) is 1. The van der Waals surface area contributed by atoms with Crippen molar-refractivity contribution < 1.29 is 29.3 Å². The van der Waals surface area contributed by atoms with Crippen LogP contribution in [0.5, 0.6) is 11.5 Å². The number of esters is 1. The van der Waals surface area contributed by atoms with Crippen LogP contribution in [0.3, 0.4) is 0 Å². The van der Waals surface area contributed by atoms with Gasteiger partial charge in [0.15, 0.2) is 0 Å². The molecular weight excluding hydrogens is 498 g/mol. The first kappa shape index (κ1) is 25.6. The molecule has 0 bridgehead atoms. The standard InChI is InChI=1S/C30H27N3O6/c1-4-39-30(37)24-16(2)31-28-26(25(24)20-10-5-6-11-23(20)38-3)27(34)22(33-28)15-19-12-13-21(32-19)17-8-7-9-18(14-17)29(35)36/h5-15,25,32,34H,4H2,1-3H3,(H,31,33)(H,35,36). The molecule has 0 saturated carbocycles. The van der Waals surface area contributed by atoms with E-state index < -0.39 is 17.9 Å². The summed E-state index contributed by atoms with van der Waals surface area (Å²) in [6.07, 6.45) is 1.73. The number of carboxylic acids is 1. The van der Waals surface area contributed by atoms with Crippen molar-refractivity contribution in [3.8, 4) is 22.8 Å². The lowest BCUT2D eigenvalue weighted by molar-refractivity contribution is -0.138. The highest BCUT2D eigenvalue weighted by atomic mass is 16.5. The van der Waals surface area contributed by atoms with Crippen LogP contribution in [-0.2, 0) is 9.53 Å². The van der Waals surface area contributed by atoms with Gasteiger partial charge in [-0.25, -0.2) is 14.6 Å². The molecule has 198 valence electrons. The van der Waals surface area contributed by atoms with E-state index in [2.05, 4.69) is 15.0 Å². The zero-order chi connectivity index (χ0) is 27.7. The first-order valence-electron chi connectivity index (χ1n) is 12.4. The number of para-hydroxylation sites is 1. The van der Waals surface area contributed by atoms with Crippen molar-refractivity contribution in [1.82, 2.24) is 9.97 Å². The highest BCUT2D eigenvalue weighted by molar-refractivity contribution is 5.93. The lowest BCUT2D eigenvalue weighted by Gasteiger charge is -2.24. The lowest BCUT2D eigenvalue weighted by Crippen LogP contribution is -2.26. The summed E-state index contributed by atoms with van der Waals surface area (Å²) in [6, 6.07) is 17.6. The number of carbonyl (C=O) groups is 2. The van der Waals surface area contributed by atoms with Gasteiger partial charge in [-0.2, -0.15) is 0 Å². The second kappa shape index (κ2) is 10.4. The number of allylic oxidation sites excluding steroid dienone is 1. The fraction of sp³-hybridized carbons (Fsp3) is 0.167. The molecule has 1 unspecified atom stereocenters. The minimum atomic E-state index is -1.00. The summed E-state index contributed by atoms with van der Waals surface area (Å²) in [7, 11) is 1.55. The van der Waals surface area contributed by atoms with E-state index in [9.17, 15) is 19.8 Å². The minimum Gasteiger partial charge on any atom is -0.505 e. The Kier molecular flexibility index (Phi) is 6.81. The van der Waals surface area contributed by atoms with Gasteiger partial charge >= 0.3 is 11.9 Å². The van der Waals surface area contributed by atoms with Gasteiger partial charge in [-0.15, -0.1) is 0 Å². The molecule has 0 aliphatic carbocycles. The zero-order valence-corrected chi connectivity index (χ0v) is 21.6. The molecule has 4 N–H and O–H groups in total. The normalized spacial score (nSPS) is 15.1. The van der Waals surface area contributed by atoms with Crippen LogP contribution in [0.25, 0.3) is 17.3 Å². The maximum absolute atomic E-state index is 13.1. The predicted octanol–water partition coefficient (Wildman–Crippen LogP) is 3.85. The van der Waals surface area contributed by atoms with Gasteiger partial charge in [-0.05, 0) is 55.8 Å². The maximum atomic E-state index is 13.1. The maximum Gasteiger partial charge on any atom is 0.336 e. The van der Waals surface area contributed by atoms with E-state index in [4.69, 9.17) is 9.47 Å². The molecule has 1 atom stereocenters. The van der Waals surface area contributed by atoms with Gasteiger partial charge in [0.25, 0.3) is 0 Å². The van der Waals surface area contributed by atoms with Gasteiger partial charge in [0.05, 0.1) is 47.4 Å². The van der Waals surface area contributed by atoms with Gasteiger partial charge in [-0.3, -0.25) is 0 Å². The summed E-state index contributed by atoms with van der Waals surface area (Å²) < 4.78 is 11.0. The highest BCUT2D eigenvalue weighted by Gasteiger charge is 2.36. The van der Waals surface area contributed by atoms with Crippen LogP contribution >= 0.6 is 0 Å². The number of nitrogens with zero attached hydrogens (tertiary/aromatic N) is 1. The quantitative estimate of drug-likeness (QED) is 0.271. The van der Waals surface area contributed by atoms with E-state index in [1.54, 1.807) is 45.2 Å². The van der Waals surface area contributed by atoms with Crippen molar-refractivity contribution in [2.45, 2.75) is 19.8 Å². The molecule has 9 heteroatoms. The van der Waals surface area contributed by atoms with Crippen molar-refractivity contribution in [2.75, 3.05) is 13.7 Å². The third-order valence-electron chi connectivity index (χ3n) is 6.64. The Morgan fingerprint density at radius 1 is 1.08 bits per heavy atom. The van der Waals surface area contributed by atoms with Crippen molar-refractivity contribution in [2.24, 2.45) is 4.99 Å². The number of nitrogens with one attached hydrogen (secondary N) is 2. The van der Waals surface area contributed by atoms with E-state index in [0.717, 1.165) is 11.3 Å². The average Bonchev–Trinajstić information content (AvgIpc) is 3.52. The molecule has 39 heavy (non-hydrogen) atoms. The summed E-state index contributed by atoms with van der Waals surface area (Å²) in [5, 5.41) is 21.2. The smallest absolute Gasteiger partial charge is 0.336 e. The largest absolute Gasteiger partial charge is 0.505 e. The summed E-state index contributed by atoms with van der Waals surface area (Å²) in [6.45, 7) is 3.67. The number of hydrogen-bond acceptors (Lipinski definition) is 6. The molecule has 4 aromatic rings. The Balaban J connectivity index is 1.63. The van der Waals surface area contributed by atoms with Gasteiger partial charge in [0.2, 0.25) is 0 Å². The number of ether oxygens (including phenoxy) is 2. The monoisotopic (exact) mass is 525 g/mol. The molecule has 0 spiro atoms. The van der Waals surface area contributed by atoms with Gasteiger partial charge in [0, 0.05) is 17.0 Å². The van der Waals surface area contributed by atoms with E-state index in [0.29, 0.717) is 44.7 Å². The molecule has 0 radical (unpaired) electrons. The van der Waals surface area contributed by atoms with Crippen LogP contribution in [0.1, 0.15) is 46.9 Å².